The van der Waals surface area contributed by atoms with E-state index in [0.29, 0.717) is 13.0 Å². The summed E-state index contributed by atoms with van der Waals surface area (Å²) in [7, 11) is 0. The summed E-state index contributed by atoms with van der Waals surface area (Å²) in [6, 6.07) is 0. The van der Waals surface area contributed by atoms with Crippen molar-refractivity contribution < 1.29 is 9.53 Å². The molecule has 0 spiro atoms. The molecule has 66 valence electrons. The van der Waals surface area contributed by atoms with Crippen LogP contribution >= 0.6 is 31.9 Å². The SMILES string of the molecule is CCOC(Br)CC(Br)C(N)=O. The average Bonchev–Trinajstić information content (AvgIpc) is 1.87. The van der Waals surface area contributed by atoms with Gasteiger partial charge in [-0.3, -0.25) is 4.79 Å². The Bertz CT molecular complexity index is 132. The monoisotopic (exact) mass is 287 g/mol. The van der Waals surface area contributed by atoms with Crippen molar-refractivity contribution in [3.8, 4) is 0 Å². The van der Waals surface area contributed by atoms with Crippen LogP contribution in [0.4, 0.5) is 0 Å². The van der Waals surface area contributed by atoms with Gasteiger partial charge >= 0.3 is 0 Å². The van der Waals surface area contributed by atoms with Gasteiger partial charge in [0, 0.05) is 13.0 Å². The second-order valence-electron chi connectivity index (χ2n) is 1.97. The molecule has 0 aromatic rings. The van der Waals surface area contributed by atoms with Crippen LogP contribution in [0.25, 0.3) is 0 Å². The number of primary amides is 1. The molecule has 0 aromatic heterocycles. The van der Waals surface area contributed by atoms with E-state index >= 15 is 0 Å². The van der Waals surface area contributed by atoms with E-state index in [2.05, 4.69) is 31.9 Å². The third kappa shape index (κ3) is 5.64. The molecule has 0 heterocycles. The molecule has 0 rings (SSSR count). The highest BCUT2D eigenvalue weighted by molar-refractivity contribution is 9.10. The molecule has 0 saturated carbocycles. The minimum absolute atomic E-state index is 0.107. The zero-order valence-electron chi connectivity index (χ0n) is 6.22. The van der Waals surface area contributed by atoms with Crippen LogP contribution in [-0.4, -0.2) is 22.4 Å². The number of carbonyl (C=O) groups excluding carboxylic acids is 1. The van der Waals surface area contributed by atoms with Crippen molar-refractivity contribution in [2.75, 3.05) is 6.61 Å². The first kappa shape index (κ1) is 11.4. The zero-order valence-corrected chi connectivity index (χ0v) is 9.39. The molecule has 1 amide bonds. The summed E-state index contributed by atoms with van der Waals surface area (Å²) in [6.45, 7) is 2.51. The third-order valence-electron chi connectivity index (χ3n) is 1.05. The van der Waals surface area contributed by atoms with Gasteiger partial charge in [0.25, 0.3) is 0 Å². The second-order valence-corrected chi connectivity index (χ2v) is 4.10. The molecular weight excluding hydrogens is 278 g/mol. The van der Waals surface area contributed by atoms with Gasteiger partial charge in [0.2, 0.25) is 5.91 Å². The van der Waals surface area contributed by atoms with Gasteiger partial charge in [-0.15, -0.1) is 0 Å². The van der Waals surface area contributed by atoms with Crippen LogP contribution in [0.2, 0.25) is 0 Å². The molecule has 0 aromatic carbocycles. The number of amides is 1. The molecule has 3 nitrogen and oxygen atoms in total. The van der Waals surface area contributed by atoms with Crippen LogP contribution in [0.15, 0.2) is 0 Å². The number of hydrogen-bond acceptors (Lipinski definition) is 2. The first-order valence-electron chi connectivity index (χ1n) is 3.27. The molecule has 0 aliphatic heterocycles. The van der Waals surface area contributed by atoms with E-state index in [1.165, 1.54) is 0 Å². The van der Waals surface area contributed by atoms with Crippen molar-refractivity contribution in [2.45, 2.75) is 23.2 Å². The zero-order chi connectivity index (χ0) is 8.85. The van der Waals surface area contributed by atoms with Gasteiger partial charge in [0.15, 0.2) is 0 Å². The summed E-state index contributed by atoms with van der Waals surface area (Å²) < 4.78 is 5.14. The molecule has 5 heteroatoms. The number of hydrogen-bond donors (Lipinski definition) is 1. The van der Waals surface area contributed by atoms with Crippen LogP contribution in [0.5, 0.6) is 0 Å². The van der Waals surface area contributed by atoms with E-state index in [-0.39, 0.29) is 15.7 Å². The van der Waals surface area contributed by atoms with Crippen LogP contribution in [0, 0.1) is 0 Å². The van der Waals surface area contributed by atoms with Gasteiger partial charge in [-0.25, -0.2) is 0 Å². The molecule has 0 bridgehead atoms. The lowest BCUT2D eigenvalue weighted by Crippen LogP contribution is -2.26. The normalized spacial score (nSPS) is 15.9. The summed E-state index contributed by atoms with van der Waals surface area (Å²) in [4.78, 5) is 10.2. The molecule has 0 radical (unpaired) electrons. The maximum absolute atomic E-state index is 10.5. The van der Waals surface area contributed by atoms with Crippen LogP contribution < -0.4 is 5.73 Å². The average molecular weight is 289 g/mol. The van der Waals surface area contributed by atoms with Crippen molar-refractivity contribution in [3.05, 3.63) is 0 Å². The highest BCUT2D eigenvalue weighted by atomic mass is 79.9. The molecule has 0 saturated heterocycles. The highest BCUT2D eigenvalue weighted by Gasteiger charge is 2.15. The van der Waals surface area contributed by atoms with Gasteiger partial charge in [0.05, 0.1) is 4.83 Å². The number of carbonyl (C=O) groups is 1. The second kappa shape index (κ2) is 5.97. The van der Waals surface area contributed by atoms with Gasteiger partial charge in [0.1, 0.15) is 5.01 Å². The molecule has 2 unspecified atom stereocenters. The largest absolute Gasteiger partial charge is 0.369 e. The Labute approximate surface area is 82.9 Å². The predicted octanol–water partition coefficient (Wildman–Crippen LogP) is 1.38. The third-order valence-corrected chi connectivity index (χ3v) is 2.51. The van der Waals surface area contributed by atoms with Crippen molar-refractivity contribution in [1.82, 2.24) is 0 Å². The van der Waals surface area contributed by atoms with Gasteiger partial charge in [-0.1, -0.05) is 31.9 Å². The molecule has 2 N–H and O–H groups in total. The lowest BCUT2D eigenvalue weighted by Gasteiger charge is -2.11. The fourth-order valence-electron chi connectivity index (χ4n) is 0.528. The van der Waals surface area contributed by atoms with E-state index in [1.54, 1.807) is 0 Å². The van der Waals surface area contributed by atoms with Crippen molar-refractivity contribution >= 4 is 37.8 Å². The topological polar surface area (TPSA) is 52.3 Å². The number of halogens is 2. The molecular formula is C6H11Br2NO2. The Balaban J connectivity index is 3.56. The highest BCUT2D eigenvalue weighted by Crippen LogP contribution is 2.14. The quantitative estimate of drug-likeness (QED) is 0.777. The lowest BCUT2D eigenvalue weighted by molar-refractivity contribution is -0.117. The Kier molecular flexibility index (Phi) is 6.18. The molecule has 0 fully saturated rings. The Hall–Kier alpha value is 0.390. The van der Waals surface area contributed by atoms with Crippen molar-refractivity contribution in [1.29, 1.82) is 0 Å². The van der Waals surface area contributed by atoms with Crippen molar-refractivity contribution in [3.63, 3.8) is 0 Å². The molecule has 11 heavy (non-hydrogen) atoms. The fourth-order valence-corrected chi connectivity index (χ4v) is 2.01. The van der Waals surface area contributed by atoms with E-state index in [4.69, 9.17) is 10.5 Å². The van der Waals surface area contributed by atoms with Gasteiger partial charge in [-0.2, -0.15) is 0 Å². The van der Waals surface area contributed by atoms with Gasteiger partial charge in [-0.05, 0) is 6.92 Å². The molecule has 0 aliphatic carbocycles. The number of rotatable bonds is 5. The maximum Gasteiger partial charge on any atom is 0.231 e. The van der Waals surface area contributed by atoms with Gasteiger partial charge < -0.3 is 10.5 Å². The Morgan fingerprint density at radius 1 is 1.64 bits per heavy atom. The lowest BCUT2D eigenvalue weighted by atomic mass is 10.3. The summed E-state index contributed by atoms with van der Waals surface area (Å²) in [5, 5.41) is -0.107. The van der Waals surface area contributed by atoms with Crippen LogP contribution in [0.1, 0.15) is 13.3 Å². The van der Waals surface area contributed by atoms with Crippen LogP contribution in [0.3, 0.4) is 0 Å². The number of ether oxygens (including phenoxy) is 1. The molecule has 2 atom stereocenters. The predicted molar refractivity (Wildman–Crippen MR) is 50.9 cm³/mol. The van der Waals surface area contributed by atoms with E-state index in [9.17, 15) is 4.79 Å². The maximum atomic E-state index is 10.5. The minimum Gasteiger partial charge on any atom is -0.369 e. The number of alkyl halides is 2. The summed E-state index contributed by atoms with van der Waals surface area (Å²) in [5.74, 6) is -0.367. The fraction of sp³-hybridized carbons (Fsp3) is 0.833. The summed E-state index contributed by atoms with van der Waals surface area (Å²) in [6.07, 6.45) is 0.545. The van der Waals surface area contributed by atoms with E-state index in [0.717, 1.165) is 0 Å². The number of nitrogens with two attached hydrogens (primary N) is 1. The van der Waals surface area contributed by atoms with E-state index < -0.39 is 0 Å². The first-order valence-corrected chi connectivity index (χ1v) is 5.10. The van der Waals surface area contributed by atoms with Crippen LogP contribution in [-0.2, 0) is 9.53 Å². The first-order chi connectivity index (χ1) is 5.07. The molecule has 0 aliphatic rings. The smallest absolute Gasteiger partial charge is 0.231 e. The Morgan fingerprint density at radius 2 is 2.18 bits per heavy atom. The summed E-state index contributed by atoms with van der Waals surface area (Å²) in [5.41, 5.74) is 5.02. The Morgan fingerprint density at radius 3 is 2.55 bits per heavy atom. The van der Waals surface area contributed by atoms with E-state index in [1.807, 2.05) is 6.92 Å². The van der Waals surface area contributed by atoms with Crippen molar-refractivity contribution in [2.24, 2.45) is 5.73 Å². The minimum atomic E-state index is -0.367. The summed E-state index contributed by atoms with van der Waals surface area (Å²) >= 11 is 6.38. The standard InChI is InChI=1S/C6H11Br2NO2/c1-2-11-5(8)3-4(7)6(9)10/h4-5H,2-3H2,1H3,(H2,9,10).